The van der Waals surface area contributed by atoms with Crippen molar-refractivity contribution in [2.24, 2.45) is 5.41 Å². The molecule has 1 rings (SSSR count). The summed E-state index contributed by atoms with van der Waals surface area (Å²) < 4.78 is 18.6. The average molecular weight is 259 g/mol. The molecule has 6 heteroatoms. The van der Waals surface area contributed by atoms with Gasteiger partial charge in [-0.3, -0.25) is 10.1 Å². The number of thiol groups is 1. The molecule has 0 aromatic heterocycles. The summed E-state index contributed by atoms with van der Waals surface area (Å²) in [6.45, 7) is 4.29. The third-order valence-electron chi connectivity index (χ3n) is 2.17. The second-order valence-corrected chi connectivity index (χ2v) is 4.80. The summed E-state index contributed by atoms with van der Waals surface area (Å²) in [7, 11) is 0. The minimum absolute atomic E-state index is 0.138. The first kappa shape index (κ1) is 13.8. The zero-order valence-electron chi connectivity index (χ0n) is 9.64. The number of nitro groups is 1. The molecule has 4 nitrogen and oxygen atoms in total. The van der Waals surface area contributed by atoms with Gasteiger partial charge in [0.15, 0.2) is 0 Å². The first-order valence-corrected chi connectivity index (χ1v) is 5.66. The molecule has 0 N–H and O–H groups in total. The Morgan fingerprint density at radius 2 is 2.18 bits per heavy atom. The van der Waals surface area contributed by atoms with Crippen LogP contribution in [-0.2, 0) is 0 Å². The van der Waals surface area contributed by atoms with Gasteiger partial charge in [0, 0.05) is 17.5 Å². The molecular weight excluding hydrogens is 245 g/mol. The second-order valence-electron chi connectivity index (χ2n) is 4.48. The molecule has 17 heavy (non-hydrogen) atoms. The third kappa shape index (κ3) is 3.89. The molecule has 0 atom stereocenters. The van der Waals surface area contributed by atoms with Crippen LogP contribution in [0.4, 0.5) is 10.1 Å². The van der Waals surface area contributed by atoms with E-state index in [1.54, 1.807) is 0 Å². The van der Waals surface area contributed by atoms with Gasteiger partial charge in [0.1, 0.15) is 5.75 Å². The van der Waals surface area contributed by atoms with Crippen LogP contribution < -0.4 is 4.74 Å². The van der Waals surface area contributed by atoms with Crippen molar-refractivity contribution in [2.45, 2.75) is 13.8 Å². The van der Waals surface area contributed by atoms with E-state index < -0.39 is 16.4 Å². The first-order chi connectivity index (χ1) is 7.85. The van der Waals surface area contributed by atoms with Gasteiger partial charge < -0.3 is 4.74 Å². The zero-order valence-corrected chi connectivity index (χ0v) is 10.5. The topological polar surface area (TPSA) is 52.4 Å². The quantitative estimate of drug-likeness (QED) is 0.502. The average Bonchev–Trinajstić information content (AvgIpc) is 2.26. The molecule has 0 saturated heterocycles. The van der Waals surface area contributed by atoms with Crippen LogP contribution in [0.15, 0.2) is 18.2 Å². The monoisotopic (exact) mass is 259 g/mol. The molecule has 0 aliphatic rings. The van der Waals surface area contributed by atoms with Crippen molar-refractivity contribution in [1.82, 2.24) is 0 Å². The summed E-state index contributed by atoms with van der Waals surface area (Å²) in [6.07, 6.45) is 0. The van der Waals surface area contributed by atoms with E-state index in [-0.39, 0.29) is 11.2 Å². The highest BCUT2D eigenvalue weighted by Gasteiger charge is 2.18. The fourth-order valence-electron chi connectivity index (χ4n) is 1.05. The van der Waals surface area contributed by atoms with Crippen LogP contribution in [0.3, 0.4) is 0 Å². The fourth-order valence-corrected chi connectivity index (χ4v) is 1.14. The lowest BCUT2D eigenvalue weighted by Crippen LogP contribution is -2.23. The van der Waals surface area contributed by atoms with Crippen molar-refractivity contribution in [2.75, 3.05) is 12.4 Å². The maximum Gasteiger partial charge on any atom is 0.305 e. The van der Waals surface area contributed by atoms with Crippen molar-refractivity contribution >= 4 is 18.3 Å². The van der Waals surface area contributed by atoms with Crippen molar-refractivity contribution < 1.29 is 14.1 Å². The van der Waals surface area contributed by atoms with E-state index in [0.29, 0.717) is 12.4 Å². The molecule has 1 aromatic carbocycles. The van der Waals surface area contributed by atoms with Gasteiger partial charge in [0.05, 0.1) is 11.5 Å². The van der Waals surface area contributed by atoms with Crippen molar-refractivity contribution in [3.05, 3.63) is 34.1 Å². The Hall–Kier alpha value is -1.30. The summed E-state index contributed by atoms with van der Waals surface area (Å²) in [6, 6.07) is 3.50. The van der Waals surface area contributed by atoms with Gasteiger partial charge in [-0.25, -0.2) is 0 Å². The number of halogens is 1. The molecular formula is C11H14FNO3S. The normalized spacial score (nSPS) is 11.3. The first-order valence-electron chi connectivity index (χ1n) is 5.03. The fraction of sp³-hybridized carbons (Fsp3) is 0.455. The summed E-state index contributed by atoms with van der Waals surface area (Å²) in [5, 5.41) is 10.4. The van der Waals surface area contributed by atoms with E-state index >= 15 is 0 Å². The van der Waals surface area contributed by atoms with Gasteiger partial charge in [0.25, 0.3) is 0 Å². The Labute approximate surface area is 104 Å². The van der Waals surface area contributed by atoms with E-state index in [2.05, 4.69) is 12.6 Å². The Morgan fingerprint density at radius 1 is 1.53 bits per heavy atom. The minimum atomic E-state index is -0.892. The molecule has 0 unspecified atom stereocenters. The maximum absolute atomic E-state index is 13.3. The van der Waals surface area contributed by atoms with Gasteiger partial charge in [-0.2, -0.15) is 17.0 Å². The summed E-state index contributed by atoms with van der Waals surface area (Å²) in [4.78, 5) is 9.64. The number of hydrogen-bond donors (Lipinski definition) is 1. The number of nitrogens with zero attached hydrogens (tertiary/aromatic N) is 1. The smallest absolute Gasteiger partial charge is 0.305 e. The van der Waals surface area contributed by atoms with Crippen molar-refractivity contribution in [1.29, 1.82) is 0 Å². The Morgan fingerprint density at radius 3 is 2.65 bits per heavy atom. The van der Waals surface area contributed by atoms with Crippen LogP contribution in [0, 0.1) is 21.3 Å². The molecule has 0 heterocycles. The van der Waals surface area contributed by atoms with E-state index in [1.807, 2.05) is 13.8 Å². The highest BCUT2D eigenvalue weighted by Crippen LogP contribution is 2.24. The molecule has 1 aromatic rings. The lowest BCUT2D eigenvalue weighted by atomic mass is 9.98. The molecule has 0 spiro atoms. The molecule has 0 aliphatic heterocycles. The van der Waals surface area contributed by atoms with Crippen LogP contribution in [0.2, 0.25) is 0 Å². The lowest BCUT2D eigenvalue weighted by molar-refractivity contribution is -0.387. The van der Waals surface area contributed by atoms with Gasteiger partial charge in [-0.05, 0) is 11.8 Å². The van der Waals surface area contributed by atoms with Crippen LogP contribution in [0.1, 0.15) is 13.8 Å². The molecule has 0 aliphatic carbocycles. The Bertz CT molecular complexity index is 423. The van der Waals surface area contributed by atoms with Gasteiger partial charge in [0.2, 0.25) is 5.82 Å². The van der Waals surface area contributed by atoms with Crippen LogP contribution in [-0.4, -0.2) is 17.3 Å². The molecule has 0 bridgehead atoms. The predicted octanol–water partition coefficient (Wildman–Crippen LogP) is 3.07. The zero-order chi connectivity index (χ0) is 13.1. The third-order valence-corrected chi connectivity index (χ3v) is 3.03. The molecule has 0 fully saturated rings. The van der Waals surface area contributed by atoms with Crippen molar-refractivity contribution in [3.63, 3.8) is 0 Å². The second kappa shape index (κ2) is 5.35. The SMILES string of the molecule is CC(C)(CS)COc1ccc([N+](=O)[O-])c(F)c1. The van der Waals surface area contributed by atoms with E-state index in [9.17, 15) is 14.5 Å². The maximum atomic E-state index is 13.3. The standard InChI is InChI=1S/C11H14FNO3S/c1-11(2,7-17)6-16-8-3-4-10(13(14)15)9(12)5-8/h3-5,17H,6-7H2,1-2H3. The molecule has 0 saturated carbocycles. The molecule has 0 amide bonds. The van der Waals surface area contributed by atoms with Gasteiger partial charge >= 0.3 is 5.69 Å². The summed E-state index contributed by atoms with van der Waals surface area (Å²) in [5.41, 5.74) is -0.688. The highest BCUT2D eigenvalue weighted by atomic mass is 32.1. The number of rotatable bonds is 5. The van der Waals surface area contributed by atoms with E-state index in [4.69, 9.17) is 4.74 Å². The minimum Gasteiger partial charge on any atom is -0.493 e. The number of nitro benzene ring substituents is 1. The highest BCUT2D eigenvalue weighted by molar-refractivity contribution is 7.80. The predicted molar refractivity (Wildman–Crippen MR) is 66.2 cm³/mol. The molecule has 0 radical (unpaired) electrons. The number of hydrogen-bond acceptors (Lipinski definition) is 4. The molecule has 94 valence electrons. The Balaban J connectivity index is 2.75. The van der Waals surface area contributed by atoms with Crippen LogP contribution >= 0.6 is 12.6 Å². The summed E-state index contributed by atoms with van der Waals surface area (Å²) >= 11 is 4.17. The van der Waals surface area contributed by atoms with E-state index in [0.717, 1.165) is 12.1 Å². The van der Waals surface area contributed by atoms with Crippen LogP contribution in [0.5, 0.6) is 5.75 Å². The number of benzene rings is 1. The largest absolute Gasteiger partial charge is 0.493 e. The Kier molecular flexibility index (Phi) is 4.34. The number of ether oxygens (including phenoxy) is 1. The van der Waals surface area contributed by atoms with E-state index in [1.165, 1.54) is 6.07 Å². The van der Waals surface area contributed by atoms with Crippen molar-refractivity contribution in [3.8, 4) is 5.75 Å². The summed E-state index contributed by atoms with van der Waals surface area (Å²) in [5.74, 6) is 0.0155. The van der Waals surface area contributed by atoms with Gasteiger partial charge in [-0.15, -0.1) is 0 Å². The van der Waals surface area contributed by atoms with Crippen LogP contribution in [0.25, 0.3) is 0 Å². The lowest BCUT2D eigenvalue weighted by Gasteiger charge is -2.22. The van der Waals surface area contributed by atoms with Gasteiger partial charge in [-0.1, -0.05) is 13.8 Å².